The number of aromatic nitrogens is 1. The number of aryl methyl sites for hydroxylation is 2. The first-order valence-electron chi connectivity index (χ1n) is 5.50. The summed E-state index contributed by atoms with van der Waals surface area (Å²) in [5, 5.41) is 1.20. The lowest BCUT2D eigenvalue weighted by molar-refractivity contribution is 0.416. The van der Waals surface area contributed by atoms with E-state index in [1.54, 1.807) is 7.11 Å². The molecule has 0 unspecified atom stereocenters. The minimum absolute atomic E-state index is 0.663. The molecule has 0 aliphatic rings. The van der Waals surface area contributed by atoms with E-state index in [1.165, 1.54) is 22.0 Å². The highest BCUT2D eigenvalue weighted by Crippen LogP contribution is 2.33. The van der Waals surface area contributed by atoms with E-state index in [4.69, 9.17) is 10.5 Å². The Morgan fingerprint density at radius 2 is 2.12 bits per heavy atom. The maximum absolute atomic E-state index is 5.64. The molecule has 1 aromatic carbocycles. The van der Waals surface area contributed by atoms with Gasteiger partial charge in [-0.2, -0.15) is 0 Å². The van der Waals surface area contributed by atoms with Crippen LogP contribution in [-0.2, 0) is 13.5 Å². The first kappa shape index (κ1) is 11.0. The van der Waals surface area contributed by atoms with Gasteiger partial charge in [0.25, 0.3) is 0 Å². The van der Waals surface area contributed by atoms with E-state index in [0.717, 1.165) is 12.2 Å². The Balaban J connectivity index is 2.77. The van der Waals surface area contributed by atoms with Gasteiger partial charge in [0.2, 0.25) is 0 Å². The molecule has 2 aromatic rings. The molecule has 0 bridgehead atoms. The maximum Gasteiger partial charge on any atom is 0.131 e. The number of fused-ring (bicyclic) bond motifs is 1. The van der Waals surface area contributed by atoms with Crippen LogP contribution in [-0.4, -0.2) is 18.2 Å². The average molecular weight is 218 g/mol. The smallest absolute Gasteiger partial charge is 0.131 e. The van der Waals surface area contributed by atoms with Crippen molar-refractivity contribution in [2.45, 2.75) is 13.3 Å². The number of methoxy groups -OCH3 is 1. The monoisotopic (exact) mass is 218 g/mol. The number of nitrogens with two attached hydrogens (primary N) is 1. The molecule has 1 heterocycles. The van der Waals surface area contributed by atoms with Crippen molar-refractivity contribution < 1.29 is 4.74 Å². The minimum atomic E-state index is 0.663. The molecule has 0 spiro atoms. The topological polar surface area (TPSA) is 40.2 Å². The van der Waals surface area contributed by atoms with Crippen LogP contribution in [0, 0.1) is 6.92 Å². The lowest BCUT2D eigenvalue weighted by atomic mass is 10.1. The van der Waals surface area contributed by atoms with Gasteiger partial charge in [-0.3, -0.25) is 0 Å². The Labute approximate surface area is 95.8 Å². The third-order valence-electron chi connectivity index (χ3n) is 3.00. The summed E-state index contributed by atoms with van der Waals surface area (Å²) in [5.74, 6) is 0.974. The fourth-order valence-corrected chi connectivity index (χ4v) is 2.26. The highest BCUT2D eigenvalue weighted by Gasteiger charge is 2.12. The summed E-state index contributed by atoms with van der Waals surface area (Å²) in [4.78, 5) is 0. The van der Waals surface area contributed by atoms with Crippen molar-refractivity contribution in [1.29, 1.82) is 0 Å². The van der Waals surface area contributed by atoms with Crippen molar-refractivity contribution in [1.82, 2.24) is 4.57 Å². The Bertz CT molecular complexity index is 514. The number of benzene rings is 1. The fraction of sp³-hybridized carbons (Fsp3) is 0.385. The zero-order valence-electron chi connectivity index (χ0n) is 10.1. The molecular weight excluding hydrogens is 200 g/mol. The van der Waals surface area contributed by atoms with Gasteiger partial charge in [-0.05, 0) is 37.1 Å². The SMILES string of the molecule is COc1c(C)ccc2c1c(CCN)cn2C. The summed E-state index contributed by atoms with van der Waals surface area (Å²) in [7, 11) is 3.78. The molecule has 16 heavy (non-hydrogen) atoms. The molecule has 2 N–H and O–H groups in total. The van der Waals surface area contributed by atoms with Crippen molar-refractivity contribution in [3.8, 4) is 5.75 Å². The molecule has 0 fully saturated rings. The zero-order valence-corrected chi connectivity index (χ0v) is 10.1. The van der Waals surface area contributed by atoms with E-state index in [2.05, 4.69) is 36.9 Å². The number of rotatable bonds is 3. The third kappa shape index (κ3) is 1.57. The summed E-state index contributed by atoms with van der Waals surface area (Å²) >= 11 is 0. The van der Waals surface area contributed by atoms with Crippen LogP contribution in [0.3, 0.4) is 0 Å². The summed E-state index contributed by atoms with van der Waals surface area (Å²) in [5.41, 5.74) is 9.27. The van der Waals surface area contributed by atoms with Crippen LogP contribution >= 0.6 is 0 Å². The quantitative estimate of drug-likeness (QED) is 0.856. The van der Waals surface area contributed by atoms with Gasteiger partial charge in [-0.15, -0.1) is 0 Å². The molecule has 0 saturated heterocycles. The number of ether oxygens (including phenoxy) is 1. The van der Waals surface area contributed by atoms with E-state index >= 15 is 0 Å². The predicted molar refractivity (Wildman–Crippen MR) is 67.0 cm³/mol. The van der Waals surface area contributed by atoms with Gasteiger partial charge in [-0.25, -0.2) is 0 Å². The first-order valence-corrected chi connectivity index (χ1v) is 5.50. The van der Waals surface area contributed by atoms with Crippen LogP contribution in [0.5, 0.6) is 5.75 Å². The normalized spacial score (nSPS) is 11.0. The summed E-state index contributed by atoms with van der Waals surface area (Å²) < 4.78 is 7.63. The Hall–Kier alpha value is -1.48. The molecule has 3 nitrogen and oxygen atoms in total. The molecule has 0 saturated carbocycles. The second-order valence-electron chi connectivity index (χ2n) is 4.11. The van der Waals surface area contributed by atoms with Crippen molar-refractivity contribution in [2.75, 3.05) is 13.7 Å². The highest BCUT2D eigenvalue weighted by molar-refractivity contribution is 5.91. The van der Waals surface area contributed by atoms with Gasteiger partial charge in [0, 0.05) is 18.6 Å². The van der Waals surface area contributed by atoms with E-state index in [1.807, 2.05) is 0 Å². The van der Waals surface area contributed by atoms with Gasteiger partial charge in [0.15, 0.2) is 0 Å². The van der Waals surface area contributed by atoms with E-state index in [9.17, 15) is 0 Å². The molecule has 3 heteroatoms. The van der Waals surface area contributed by atoms with Gasteiger partial charge in [0.05, 0.1) is 12.6 Å². The standard InChI is InChI=1S/C13H18N2O/c1-9-4-5-11-12(13(9)16-3)10(6-7-14)8-15(11)2/h4-5,8H,6-7,14H2,1-3H3. The van der Waals surface area contributed by atoms with E-state index in [-0.39, 0.29) is 0 Å². The molecular formula is C13H18N2O. The molecule has 0 aliphatic carbocycles. The third-order valence-corrected chi connectivity index (χ3v) is 3.00. The highest BCUT2D eigenvalue weighted by atomic mass is 16.5. The van der Waals surface area contributed by atoms with Crippen LogP contribution in [0.1, 0.15) is 11.1 Å². The Morgan fingerprint density at radius 3 is 2.75 bits per heavy atom. The minimum Gasteiger partial charge on any atom is -0.496 e. The second-order valence-corrected chi connectivity index (χ2v) is 4.11. The predicted octanol–water partition coefficient (Wildman–Crippen LogP) is 2.00. The van der Waals surface area contributed by atoms with Crippen molar-refractivity contribution in [3.05, 3.63) is 29.5 Å². The van der Waals surface area contributed by atoms with Gasteiger partial charge >= 0.3 is 0 Å². The molecule has 2 rings (SSSR count). The summed E-state index contributed by atoms with van der Waals surface area (Å²) in [6, 6.07) is 4.22. The lowest BCUT2D eigenvalue weighted by Crippen LogP contribution is -2.02. The van der Waals surface area contributed by atoms with Crippen molar-refractivity contribution >= 4 is 10.9 Å². The van der Waals surface area contributed by atoms with E-state index < -0.39 is 0 Å². The Kier molecular flexibility index (Phi) is 2.88. The van der Waals surface area contributed by atoms with Gasteiger partial charge in [-0.1, -0.05) is 6.07 Å². The van der Waals surface area contributed by atoms with Gasteiger partial charge in [0.1, 0.15) is 5.75 Å². The summed E-state index contributed by atoms with van der Waals surface area (Å²) in [6.07, 6.45) is 3.02. The van der Waals surface area contributed by atoms with Crippen molar-refractivity contribution in [3.63, 3.8) is 0 Å². The fourth-order valence-electron chi connectivity index (χ4n) is 2.26. The molecule has 0 aliphatic heterocycles. The number of nitrogens with zero attached hydrogens (tertiary/aromatic N) is 1. The molecule has 0 atom stereocenters. The van der Waals surface area contributed by atoms with Crippen LogP contribution < -0.4 is 10.5 Å². The molecule has 0 radical (unpaired) electrons. The number of hydrogen-bond donors (Lipinski definition) is 1. The lowest BCUT2D eigenvalue weighted by Gasteiger charge is -2.08. The summed E-state index contributed by atoms with van der Waals surface area (Å²) in [6.45, 7) is 2.73. The first-order chi connectivity index (χ1) is 7.69. The number of hydrogen-bond acceptors (Lipinski definition) is 2. The second kappa shape index (κ2) is 4.18. The molecule has 1 aromatic heterocycles. The average Bonchev–Trinajstić information content (AvgIpc) is 2.57. The van der Waals surface area contributed by atoms with Crippen LogP contribution in [0.4, 0.5) is 0 Å². The van der Waals surface area contributed by atoms with Gasteiger partial charge < -0.3 is 15.0 Å². The molecule has 86 valence electrons. The largest absolute Gasteiger partial charge is 0.496 e. The van der Waals surface area contributed by atoms with Crippen molar-refractivity contribution in [2.24, 2.45) is 12.8 Å². The van der Waals surface area contributed by atoms with Crippen LogP contribution in [0.15, 0.2) is 18.3 Å². The Morgan fingerprint density at radius 1 is 1.38 bits per heavy atom. The van der Waals surface area contributed by atoms with E-state index in [0.29, 0.717) is 6.54 Å². The zero-order chi connectivity index (χ0) is 11.7. The molecule has 0 amide bonds. The van der Waals surface area contributed by atoms with Crippen LogP contribution in [0.2, 0.25) is 0 Å². The maximum atomic E-state index is 5.64. The van der Waals surface area contributed by atoms with Crippen LogP contribution in [0.25, 0.3) is 10.9 Å².